The van der Waals surface area contributed by atoms with Crippen LogP contribution in [-0.4, -0.2) is 42.6 Å². The number of para-hydroxylation sites is 1. The molecule has 0 radical (unpaired) electrons. The van der Waals surface area contributed by atoms with E-state index in [1.54, 1.807) is 18.2 Å². The van der Waals surface area contributed by atoms with E-state index in [9.17, 15) is 22.8 Å². The Morgan fingerprint density at radius 2 is 1.72 bits per heavy atom. The van der Waals surface area contributed by atoms with Gasteiger partial charge < -0.3 is 20.1 Å². The second-order valence-electron chi connectivity index (χ2n) is 6.88. The Labute approximate surface area is 162 Å². The van der Waals surface area contributed by atoms with Crippen molar-refractivity contribution in [3.8, 4) is 11.5 Å². The second-order valence-corrected chi connectivity index (χ2v) is 6.88. The summed E-state index contributed by atoms with van der Waals surface area (Å²) in [5.41, 5.74) is -1.31. The van der Waals surface area contributed by atoms with Crippen molar-refractivity contribution in [1.82, 2.24) is 4.90 Å². The van der Waals surface area contributed by atoms with E-state index in [1.807, 2.05) is 0 Å². The highest BCUT2D eigenvalue weighted by Crippen LogP contribution is 2.49. The Hall–Kier alpha value is -3.43. The van der Waals surface area contributed by atoms with Crippen LogP contribution in [0.1, 0.15) is 15.9 Å². The maximum atomic E-state index is 13.4. The van der Waals surface area contributed by atoms with Gasteiger partial charge in [-0.2, -0.15) is 13.2 Å². The monoisotopic (exact) mass is 405 g/mol. The highest BCUT2D eigenvalue weighted by Gasteiger charge is 2.59. The molecule has 0 saturated heterocycles. The Balaban J connectivity index is 1.74. The number of carbonyl (C=O) groups excluding carboxylic acids is 2. The van der Waals surface area contributed by atoms with Gasteiger partial charge in [0.1, 0.15) is 19.8 Å². The number of halogens is 3. The lowest BCUT2D eigenvalue weighted by Crippen LogP contribution is -2.63. The summed E-state index contributed by atoms with van der Waals surface area (Å²) in [6.45, 7) is -1.02. The Morgan fingerprint density at radius 1 is 1.03 bits per heavy atom. The van der Waals surface area contributed by atoms with Crippen LogP contribution in [0.5, 0.6) is 11.5 Å². The molecule has 2 aromatic rings. The predicted octanol–water partition coefficient (Wildman–Crippen LogP) is 2.69. The van der Waals surface area contributed by atoms with E-state index in [2.05, 4.69) is 10.6 Å². The van der Waals surface area contributed by atoms with Crippen molar-refractivity contribution >= 4 is 23.2 Å². The molecule has 0 unspecified atom stereocenters. The van der Waals surface area contributed by atoms with Crippen molar-refractivity contribution in [2.45, 2.75) is 11.8 Å². The first-order chi connectivity index (χ1) is 13.8. The molecular weight excluding hydrogens is 391 g/mol. The van der Waals surface area contributed by atoms with Gasteiger partial charge in [-0.05, 0) is 18.2 Å². The third kappa shape index (κ3) is 2.51. The first kappa shape index (κ1) is 17.7. The third-order valence-electron chi connectivity index (χ3n) is 5.11. The standard InChI is InChI=1S/C19H14F3N3O4/c20-18(21,22)9-25-16(26)10-3-1-2-4-12(10)24-19(25)11-7-14-15(29-6-5-28-14)8-13(11)23-17(19)27/h1-4,7-8,24H,5-6,9H2,(H,23,27)/t19-/m0/s1. The smallest absolute Gasteiger partial charge is 0.406 e. The fourth-order valence-corrected chi connectivity index (χ4v) is 3.93. The van der Waals surface area contributed by atoms with Gasteiger partial charge in [0.15, 0.2) is 11.5 Å². The number of nitrogens with one attached hydrogen (secondary N) is 2. The van der Waals surface area contributed by atoms with E-state index >= 15 is 0 Å². The van der Waals surface area contributed by atoms with Crippen molar-refractivity contribution < 1.29 is 32.2 Å². The quantitative estimate of drug-likeness (QED) is 0.763. The number of carbonyl (C=O) groups is 2. The number of alkyl halides is 3. The predicted molar refractivity (Wildman–Crippen MR) is 94.9 cm³/mol. The van der Waals surface area contributed by atoms with E-state index < -0.39 is 30.2 Å². The van der Waals surface area contributed by atoms with Gasteiger partial charge in [-0.25, -0.2) is 0 Å². The van der Waals surface area contributed by atoms with Gasteiger partial charge in [-0.3, -0.25) is 14.5 Å². The molecule has 0 fully saturated rings. The summed E-state index contributed by atoms with van der Waals surface area (Å²) in [4.78, 5) is 26.6. The summed E-state index contributed by atoms with van der Waals surface area (Å²) in [6.07, 6.45) is -4.71. The van der Waals surface area contributed by atoms with Crippen molar-refractivity contribution in [2.24, 2.45) is 0 Å². The zero-order chi connectivity index (χ0) is 20.4. The zero-order valence-electron chi connectivity index (χ0n) is 14.8. The van der Waals surface area contributed by atoms with Crippen LogP contribution in [0.4, 0.5) is 24.5 Å². The number of amides is 2. The van der Waals surface area contributed by atoms with Crippen LogP contribution >= 0.6 is 0 Å². The number of hydrogen-bond donors (Lipinski definition) is 2. The van der Waals surface area contributed by atoms with Crippen LogP contribution in [0.15, 0.2) is 36.4 Å². The molecule has 150 valence electrons. The topological polar surface area (TPSA) is 79.9 Å². The molecule has 2 N–H and O–H groups in total. The zero-order valence-corrected chi connectivity index (χ0v) is 14.8. The van der Waals surface area contributed by atoms with Crippen molar-refractivity contribution in [3.05, 3.63) is 47.5 Å². The molecule has 1 atom stereocenters. The largest absolute Gasteiger partial charge is 0.486 e. The second kappa shape index (κ2) is 5.79. The fraction of sp³-hybridized carbons (Fsp3) is 0.263. The van der Waals surface area contributed by atoms with Gasteiger partial charge in [0.05, 0.1) is 11.3 Å². The number of fused-ring (bicyclic) bond motifs is 4. The minimum atomic E-state index is -4.71. The molecular formula is C19H14F3N3O4. The minimum Gasteiger partial charge on any atom is -0.486 e. The number of benzene rings is 2. The average Bonchev–Trinajstić information content (AvgIpc) is 2.94. The Bertz CT molecular complexity index is 1060. The summed E-state index contributed by atoms with van der Waals surface area (Å²) >= 11 is 0. The van der Waals surface area contributed by atoms with Crippen LogP contribution < -0.4 is 20.1 Å². The van der Waals surface area contributed by atoms with Crippen LogP contribution in [0, 0.1) is 0 Å². The highest BCUT2D eigenvalue weighted by molar-refractivity contribution is 6.14. The lowest BCUT2D eigenvalue weighted by atomic mass is 9.92. The number of anilines is 2. The van der Waals surface area contributed by atoms with E-state index in [-0.39, 0.29) is 29.1 Å². The van der Waals surface area contributed by atoms with Gasteiger partial charge in [-0.1, -0.05) is 12.1 Å². The molecule has 0 bridgehead atoms. The summed E-state index contributed by atoms with van der Waals surface area (Å²) in [7, 11) is 0. The van der Waals surface area contributed by atoms with E-state index in [4.69, 9.17) is 9.47 Å². The van der Waals surface area contributed by atoms with Gasteiger partial charge in [0, 0.05) is 17.3 Å². The van der Waals surface area contributed by atoms with Crippen molar-refractivity contribution in [1.29, 1.82) is 0 Å². The van der Waals surface area contributed by atoms with E-state index in [0.717, 1.165) is 0 Å². The van der Waals surface area contributed by atoms with Crippen LogP contribution in [0.2, 0.25) is 0 Å². The van der Waals surface area contributed by atoms with Gasteiger partial charge in [-0.15, -0.1) is 0 Å². The van der Waals surface area contributed by atoms with Gasteiger partial charge >= 0.3 is 6.18 Å². The summed E-state index contributed by atoms with van der Waals surface area (Å²) in [6, 6.07) is 9.08. The molecule has 1 spiro atoms. The SMILES string of the molecule is O=C1c2ccccc2N[C@]2(C(=O)Nc3cc4c(cc32)OCCO4)N1CC(F)(F)F. The third-order valence-corrected chi connectivity index (χ3v) is 5.11. The lowest BCUT2D eigenvalue weighted by molar-refractivity contribution is -0.155. The van der Waals surface area contributed by atoms with Crippen LogP contribution in [0.3, 0.4) is 0 Å². The minimum absolute atomic E-state index is 0.0566. The molecule has 10 heteroatoms. The fourth-order valence-electron chi connectivity index (χ4n) is 3.93. The number of hydrogen-bond acceptors (Lipinski definition) is 5. The van der Waals surface area contributed by atoms with Crippen LogP contribution in [0.25, 0.3) is 0 Å². The average molecular weight is 405 g/mol. The van der Waals surface area contributed by atoms with Crippen molar-refractivity contribution in [3.63, 3.8) is 0 Å². The molecule has 0 aliphatic carbocycles. The Kier molecular flexibility index (Phi) is 3.52. The molecule has 0 aromatic heterocycles. The molecule has 3 aliphatic rings. The number of rotatable bonds is 1. The van der Waals surface area contributed by atoms with E-state index in [1.165, 1.54) is 18.2 Å². The number of nitrogens with zero attached hydrogens (tertiary/aromatic N) is 1. The lowest BCUT2D eigenvalue weighted by Gasteiger charge is -2.44. The summed E-state index contributed by atoms with van der Waals surface area (Å²) in [5, 5.41) is 5.46. The summed E-state index contributed by atoms with van der Waals surface area (Å²) in [5.74, 6) is -1.01. The van der Waals surface area contributed by atoms with Crippen molar-refractivity contribution in [2.75, 3.05) is 30.4 Å². The molecule has 2 amide bonds. The molecule has 2 aromatic carbocycles. The number of ether oxygens (including phenoxy) is 2. The first-order valence-corrected chi connectivity index (χ1v) is 8.81. The molecule has 29 heavy (non-hydrogen) atoms. The molecule has 7 nitrogen and oxygen atoms in total. The van der Waals surface area contributed by atoms with E-state index in [0.29, 0.717) is 23.0 Å². The molecule has 0 saturated carbocycles. The maximum Gasteiger partial charge on any atom is 0.406 e. The summed E-state index contributed by atoms with van der Waals surface area (Å²) < 4.78 is 51.2. The molecule has 3 aliphatic heterocycles. The van der Waals surface area contributed by atoms with Gasteiger partial charge in [0.2, 0.25) is 5.66 Å². The Morgan fingerprint density at radius 3 is 2.45 bits per heavy atom. The molecule has 3 heterocycles. The van der Waals surface area contributed by atoms with Gasteiger partial charge in [0.25, 0.3) is 11.8 Å². The highest BCUT2D eigenvalue weighted by atomic mass is 19.4. The first-order valence-electron chi connectivity index (χ1n) is 8.81. The van der Waals surface area contributed by atoms with Crippen LogP contribution in [-0.2, 0) is 10.5 Å². The maximum absolute atomic E-state index is 13.4. The normalized spacial score (nSPS) is 22.1. The molecule has 5 rings (SSSR count).